The summed E-state index contributed by atoms with van der Waals surface area (Å²) in [6.45, 7) is 0. The normalized spacial score (nSPS) is 24.4. The Balaban J connectivity index is 1.14. The second-order valence-corrected chi connectivity index (χ2v) is 10.8. The van der Waals surface area contributed by atoms with E-state index in [1.807, 2.05) is 42.5 Å². The van der Waals surface area contributed by atoms with E-state index >= 15 is 0 Å². The Kier molecular flexibility index (Phi) is 6.05. The number of aromatic nitrogens is 2. The molecule has 3 N–H and O–H groups in total. The SMILES string of the molecule is O=C(NC1CCCCC1)c1ccc(-c2nc3cc(C(=O)NC4CC5CCC4CC5)ccc3[nH]2)cc1. The first-order chi connectivity index (χ1) is 17.1. The molecule has 2 bridgehead atoms. The van der Waals surface area contributed by atoms with Gasteiger partial charge in [0, 0.05) is 28.8 Å². The van der Waals surface area contributed by atoms with Crippen LogP contribution in [0.5, 0.6) is 0 Å². The number of rotatable bonds is 5. The van der Waals surface area contributed by atoms with Crippen molar-refractivity contribution in [1.29, 1.82) is 0 Å². The van der Waals surface area contributed by atoms with Crippen LogP contribution in [-0.4, -0.2) is 33.9 Å². The van der Waals surface area contributed by atoms with Crippen molar-refractivity contribution in [2.45, 2.75) is 76.3 Å². The number of hydrogen-bond acceptors (Lipinski definition) is 3. The zero-order valence-corrected chi connectivity index (χ0v) is 20.2. The van der Waals surface area contributed by atoms with Gasteiger partial charge in [0.15, 0.2) is 0 Å². The van der Waals surface area contributed by atoms with Crippen LogP contribution in [0.1, 0.15) is 84.9 Å². The maximum absolute atomic E-state index is 13.0. The van der Waals surface area contributed by atoms with Crippen molar-refractivity contribution in [1.82, 2.24) is 20.6 Å². The molecule has 0 spiro atoms. The molecule has 182 valence electrons. The molecule has 1 unspecified atom stereocenters. The molecule has 0 saturated heterocycles. The summed E-state index contributed by atoms with van der Waals surface area (Å²) < 4.78 is 0. The smallest absolute Gasteiger partial charge is 0.251 e. The minimum absolute atomic E-state index is 0.00216. The van der Waals surface area contributed by atoms with E-state index < -0.39 is 0 Å². The van der Waals surface area contributed by atoms with Gasteiger partial charge >= 0.3 is 0 Å². The quantitative estimate of drug-likeness (QED) is 0.454. The molecule has 7 rings (SSSR count). The summed E-state index contributed by atoms with van der Waals surface area (Å²) >= 11 is 0. The first-order valence-electron chi connectivity index (χ1n) is 13.3. The summed E-state index contributed by atoms with van der Waals surface area (Å²) in [6, 6.07) is 13.9. The van der Waals surface area contributed by atoms with Crippen LogP contribution in [-0.2, 0) is 0 Å². The number of nitrogens with zero attached hydrogens (tertiary/aromatic N) is 1. The van der Waals surface area contributed by atoms with E-state index in [1.54, 1.807) is 0 Å². The average molecular weight is 471 g/mol. The molecular weight excluding hydrogens is 436 g/mol. The molecule has 1 atom stereocenters. The molecule has 0 aliphatic heterocycles. The standard InChI is InChI=1S/C29H34N4O2/c34-28(30-23-4-2-1-3-5-23)21-12-10-20(11-13-21)27-31-24-15-14-22(17-26(24)32-27)29(35)33-25-16-18-6-8-19(25)9-7-18/h10-15,17-19,23,25H,1-9,16H2,(H,30,34)(H,31,32)(H,33,35). The van der Waals surface area contributed by atoms with Gasteiger partial charge in [-0.15, -0.1) is 0 Å². The van der Waals surface area contributed by atoms with Gasteiger partial charge < -0.3 is 15.6 Å². The number of amides is 2. The molecule has 3 aromatic rings. The molecule has 2 aromatic carbocycles. The third kappa shape index (κ3) is 4.71. The van der Waals surface area contributed by atoms with Crippen LogP contribution < -0.4 is 10.6 Å². The predicted molar refractivity (Wildman–Crippen MR) is 137 cm³/mol. The summed E-state index contributed by atoms with van der Waals surface area (Å²) in [6.07, 6.45) is 12.1. The monoisotopic (exact) mass is 470 g/mol. The Bertz CT molecular complexity index is 1220. The highest BCUT2D eigenvalue weighted by Gasteiger charge is 2.36. The number of hydrogen-bond donors (Lipinski definition) is 3. The van der Waals surface area contributed by atoms with Crippen molar-refractivity contribution < 1.29 is 9.59 Å². The number of nitrogens with one attached hydrogen (secondary N) is 3. The Morgan fingerprint density at radius 1 is 0.800 bits per heavy atom. The van der Waals surface area contributed by atoms with E-state index in [-0.39, 0.29) is 11.8 Å². The van der Waals surface area contributed by atoms with Crippen molar-refractivity contribution in [2.75, 3.05) is 0 Å². The zero-order chi connectivity index (χ0) is 23.8. The van der Waals surface area contributed by atoms with E-state index in [0.29, 0.717) is 29.1 Å². The van der Waals surface area contributed by atoms with E-state index in [9.17, 15) is 9.59 Å². The van der Waals surface area contributed by atoms with Gasteiger partial charge in [-0.05, 0) is 74.3 Å². The third-order valence-corrected chi connectivity index (χ3v) is 8.47. The van der Waals surface area contributed by atoms with Crippen LogP contribution in [0.15, 0.2) is 42.5 Å². The summed E-state index contributed by atoms with van der Waals surface area (Å²) in [5.74, 6) is 2.16. The number of carbonyl (C=O) groups excluding carboxylic acids is 2. The summed E-state index contributed by atoms with van der Waals surface area (Å²) in [7, 11) is 0. The highest BCUT2D eigenvalue weighted by molar-refractivity contribution is 5.98. The topological polar surface area (TPSA) is 86.9 Å². The summed E-state index contributed by atoms with van der Waals surface area (Å²) in [4.78, 5) is 33.7. The molecule has 0 radical (unpaired) electrons. The molecule has 1 heterocycles. The first kappa shape index (κ1) is 22.3. The highest BCUT2D eigenvalue weighted by Crippen LogP contribution is 2.41. The van der Waals surface area contributed by atoms with Gasteiger partial charge in [0.05, 0.1) is 11.0 Å². The number of H-pyrrole nitrogens is 1. The van der Waals surface area contributed by atoms with E-state index in [1.165, 1.54) is 44.9 Å². The fraction of sp³-hybridized carbons (Fsp3) is 0.483. The van der Waals surface area contributed by atoms with Crippen LogP contribution in [0.2, 0.25) is 0 Å². The van der Waals surface area contributed by atoms with Crippen molar-refractivity contribution in [3.63, 3.8) is 0 Å². The highest BCUT2D eigenvalue weighted by atomic mass is 16.2. The average Bonchev–Trinajstić information content (AvgIpc) is 3.34. The van der Waals surface area contributed by atoms with Gasteiger partial charge in [0.1, 0.15) is 5.82 Å². The molecule has 35 heavy (non-hydrogen) atoms. The number of fused-ring (bicyclic) bond motifs is 4. The van der Waals surface area contributed by atoms with E-state index in [4.69, 9.17) is 4.98 Å². The maximum Gasteiger partial charge on any atom is 0.251 e. The fourth-order valence-corrected chi connectivity index (χ4v) is 6.39. The van der Waals surface area contributed by atoms with Crippen LogP contribution in [0.25, 0.3) is 22.4 Å². The Morgan fingerprint density at radius 2 is 1.51 bits per heavy atom. The molecule has 4 saturated carbocycles. The largest absolute Gasteiger partial charge is 0.349 e. The molecule has 6 heteroatoms. The number of imidazole rings is 1. The van der Waals surface area contributed by atoms with Gasteiger partial charge in [-0.3, -0.25) is 9.59 Å². The first-order valence-corrected chi connectivity index (χ1v) is 13.3. The van der Waals surface area contributed by atoms with Crippen molar-refractivity contribution in [3.8, 4) is 11.4 Å². The Hall–Kier alpha value is -3.15. The van der Waals surface area contributed by atoms with Gasteiger partial charge in [-0.25, -0.2) is 4.98 Å². The minimum atomic E-state index is -0.00472. The molecule has 2 amide bonds. The fourth-order valence-electron chi connectivity index (χ4n) is 6.39. The lowest BCUT2D eigenvalue weighted by Crippen LogP contribution is -2.47. The molecule has 4 aliphatic carbocycles. The van der Waals surface area contributed by atoms with Crippen LogP contribution in [0.4, 0.5) is 0 Å². The molecule has 4 aliphatic rings. The number of benzene rings is 2. The minimum Gasteiger partial charge on any atom is -0.349 e. The summed E-state index contributed by atoms with van der Waals surface area (Å²) in [5, 5.41) is 6.47. The maximum atomic E-state index is 13.0. The second-order valence-electron chi connectivity index (χ2n) is 10.8. The van der Waals surface area contributed by atoms with Gasteiger partial charge in [0.2, 0.25) is 0 Å². The lowest BCUT2D eigenvalue weighted by Gasteiger charge is -2.42. The van der Waals surface area contributed by atoms with Crippen LogP contribution >= 0.6 is 0 Å². The lowest BCUT2D eigenvalue weighted by atomic mass is 9.68. The second kappa shape index (κ2) is 9.48. The van der Waals surface area contributed by atoms with Gasteiger partial charge in [-0.2, -0.15) is 0 Å². The Labute approximate surface area is 206 Å². The number of aromatic amines is 1. The zero-order valence-electron chi connectivity index (χ0n) is 20.2. The molecule has 1 aromatic heterocycles. The summed E-state index contributed by atoms with van der Waals surface area (Å²) in [5.41, 5.74) is 3.92. The van der Waals surface area contributed by atoms with Gasteiger partial charge in [-0.1, -0.05) is 44.2 Å². The molecule has 6 nitrogen and oxygen atoms in total. The third-order valence-electron chi connectivity index (χ3n) is 8.47. The Morgan fingerprint density at radius 3 is 2.23 bits per heavy atom. The van der Waals surface area contributed by atoms with Crippen molar-refractivity contribution >= 4 is 22.8 Å². The number of carbonyl (C=O) groups is 2. The lowest BCUT2D eigenvalue weighted by molar-refractivity contribution is 0.0810. The van der Waals surface area contributed by atoms with E-state index in [2.05, 4.69) is 15.6 Å². The van der Waals surface area contributed by atoms with Crippen LogP contribution in [0, 0.1) is 11.8 Å². The molecular formula is C29H34N4O2. The van der Waals surface area contributed by atoms with Crippen molar-refractivity contribution in [2.24, 2.45) is 11.8 Å². The predicted octanol–water partition coefficient (Wildman–Crippen LogP) is 5.60. The van der Waals surface area contributed by atoms with Crippen molar-refractivity contribution in [3.05, 3.63) is 53.6 Å². The van der Waals surface area contributed by atoms with E-state index in [0.717, 1.165) is 47.6 Å². The van der Waals surface area contributed by atoms with Crippen LogP contribution in [0.3, 0.4) is 0 Å². The molecule has 4 fully saturated rings. The van der Waals surface area contributed by atoms with Gasteiger partial charge in [0.25, 0.3) is 11.8 Å².